The Morgan fingerprint density at radius 1 is 1.50 bits per heavy atom. The van der Waals surface area contributed by atoms with Crippen LogP contribution in [0.25, 0.3) is 0 Å². The van der Waals surface area contributed by atoms with Crippen LogP contribution in [0.1, 0.15) is 47.0 Å². The molecular formula is C12H23NO3. The highest BCUT2D eigenvalue weighted by molar-refractivity contribution is 5.69. The summed E-state index contributed by atoms with van der Waals surface area (Å²) in [5, 5.41) is 9.59. The SMILES string of the molecule is CCC[C@H]1C[C@H](O)CN1C(=O)OC(C)(C)C. The Labute approximate surface area is 97.6 Å². The second-order valence-corrected chi connectivity index (χ2v) is 5.46. The van der Waals surface area contributed by atoms with E-state index in [4.69, 9.17) is 4.74 Å². The Kier molecular flexibility index (Phi) is 4.19. The molecule has 0 unspecified atom stereocenters. The largest absolute Gasteiger partial charge is 0.444 e. The molecule has 1 saturated heterocycles. The van der Waals surface area contributed by atoms with Gasteiger partial charge < -0.3 is 14.7 Å². The van der Waals surface area contributed by atoms with Crippen LogP contribution in [-0.2, 0) is 4.74 Å². The Hall–Kier alpha value is -0.770. The van der Waals surface area contributed by atoms with Crippen LogP contribution in [0.5, 0.6) is 0 Å². The smallest absolute Gasteiger partial charge is 0.410 e. The van der Waals surface area contributed by atoms with E-state index in [0.29, 0.717) is 13.0 Å². The highest BCUT2D eigenvalue weighted by Gasteiger charge is 2.35. The van der Waals surface area contributed by atoms with Crippen molar-refractivity contribution in [2.45, 2.75) is 64.7 Å². The average molecular weight is 229 g/mol. The summed E-state index contributed by atoms with van der Waals surface area (Å²) < 4.78 is 5.32. The molecule has 0 spiro atoms. The number of β-amino-alcohol motifs (C(OH)–C–C–N with tert-alkyl or cyclic N) is 1. The molecule has 1 N–H and O–H groups in total. The van der Waals surface area contributed by atoms with Crippen molar-refractivity contribution >= 4 is 6.09 Å². The minimum Gasteiger partial charge on any atom is -0.444 e. The Balaban J connectivity index is 2.59. The maximum absolute atomic E-state index is 11.9. The van der Waals surface area contributed by atoms with E-state index < -0.39 is 11.7 Å². The van der Waals surface area contributed by atoms with Gasteiger partial charge in [-0.2, -0.15) is 0 Å². The molecule has 4 heteroatoms. The molecule has 0 aromatic heterocycles. The number of ether oxygens (including phenoxy) is 1. The quantitative estimate of drug-likeness (QED) is 0.789. The molecule has 0 saturated carbocycles. The lowest BCUT2D eigenvalue weighted by atomic mass is 10.1. The van der Waals surface area contributed by atoms with Crippen LogP contribution in [0.2, 0.25) is 0 Å². The van der Waals surface area contributed by atoms with Crippen LogP contribution < -0.4 is 0 Å². The minimum atomic E-state index is -0.471. The Bertz CT molecular complexity index is 247. The second-order valence-electron chi connectivity index (χ2n) is 5.46. The summed E-state index contributed by atoms with van der Waals surface area (Å²) >= 11 is 0. The van der Waals surface area contributed by atoms with E-state index in [2.05, 4.69) is 6.92 Å². The molecule has 1 rings (SSSR count). The zero-order chi connectivity index (χ0) is 12.3. The number of nitrogens with zero attached hydrogens (tertiary/aromatic N) is 1. The average Bonchev–Trinajstić information content (AvgIpc) is 2.44. The van der Waals surface area contributed by atoms with E-state index in [0.717, 1.165) is 12.8 Å². The summed E-state index contributed by atoms with van der Waals surface area (Å²) in [5.41, 5.74) is -0.471. The zero-order valence-corrected chi connectivity index (χ0v) is 10.7. The fraction of sp³-hybridized carbons (Fsp3) is 0.917. The molecule has 0 aliphatic carbocycles. The van der Waals surface area contributed by atoms with Gasteiger partial charge in [0.2, 0.25) is 0 Å². The summed E-state index contributed by atoms with van der Waals surface area (Å²) in [7, 11) is 0. The van der Waals surface area contributed by atoms with Crippen LogP contribution in [0.4, 0.5) is 4.79 Å². The lowest BCUT2D eigenvalue weighted by Crippen LogP contribution is -2.40. The number of rotatable bonds is 2. The van der Waals surface area contributed by atoms with E-state index in [1.165, 1.54) is 0 Å². The van der Waals surface area contributed by atoms with E-state index in [9.17, 15) is 9.90 Å². The Morgan fingerprint density at radius 2 is 2.12 bits per heavy atom. The lowest BCUT2D eigenvalue weighted by Gasteiger charge is -2.28. The minimum absolute atomic E-state index is 0.134. The van der Waals surface area contributed by atoms with E-state index in [1.807, 2.05) is 20.8 Å². The van der Waals surface area contributed by atoms with Crippen molar-refractivity contribution in [2.75, 3.05) is 6.54 Å². The van der Waals surface area contributed by atoms with Gasteiger partial charge in [-0.05, 0) is 33.6 Å². The van der Waals surface area contributed by atoms with Crippen LogP contribution in [0.3, 0.4) is 0 Å². The van der Waals surface area contributed by atoms with Gasteiger partial charge in [-0.15, -0.1) is 0 Å². The maximum atomic E-state index is 11.9. The van der Waals surface area contributed by atoms with Crippen LogP contribution in [0, 0.1) is 0 Å². The number of hydrogen-bond donors (Lipinski definition) is 1. The molecule has 2 atom stereocenters. The second kappa shape index (κ2) is 5.04. The summed E-state index contributed by atoms with van der Waals surface area (Å²) in [6, 6.07) is 0.134. The van der Waals surface area contributed by atoms with E-state index in [1.54, 1.807) is 4.90 Å². The first kappa shape index (κ1) is 13.3. The van der Waals surface area contributed by atoms with Crippen molar-refractivity contribution in [3.63, 3.8) is 0 Å². The van der Waals surface area contributed by atoms with Gasteiger partial charge in [0, 0.05) is 6.04 Å². The first-order valence-electron chi connectivity index (χ1n) is 6.01. The fourth-order valence-corrected chi connectivity index (χ4v) is 2.04. The zero-order valence-electron chi connectivity index (χ0n) is 10.7. The monoisotopic (exact) mass is 229 g/mol. The molecule has 0 bridgehead atoms. The first-order chi connectivity index (χ1) is 7.33. The fourth-order valence-electron chi connectivity index (χ4n) is 2.04. The number of amides is 1. The summed E-state index contributed by atoms with van der Waals surface area (Å²) in [5.74, 6) is 0. The molecule has 1 amide bonds. The third kappa shape index (κ3) is 3.67. The molecule has 16 heavy (non-hydrogen) atoms. The predicted molar refractivity (Wildman–Crippen MR) is 62.3 cm³/mol. The Morgan fingerprint density at radius 3 is 2.62 bits per heavy atom. The van der Waals surface area contributed by atoms with Crippen molar-refractivity contribution < 1.29 is 14.6 Å². The van der Waals surface area contributed by atoms with Gasteiger partial charge >= 0.3 is 6.09 Å². The molecule has 1 heterocycles. The van der Waals surface area contributed by atoms with E-state index >= 15 is 0 Å². The number of carbonyl (C=O) groups is 1. The van der Waals surface area contributed by atoms with Gasteiger partial charge in [-0.1, -0.05) is 13.3 Å². The third-order valence-corrected chi connectivity index (χ3v) is 2.64. The van der Waals surface area contributed by atoms with Crippen LogP contribution in [0.15, 0.2) is 0 Å². The normalized spacial score (nSPS) is 25.9. The number of hydrogen-bond acceptors (Lipinski definition) is 3. The predicted octanol–water partition coefficient (Wildman–Crippen LogP) is 2.16. The summed E-state index contributed by atoms with van der Waals surface area (Å²) in [6.07, 6.45) is 1.91. The third-order valence-electron chi connectivity index (χ3n) is 2.64. The van der Waals surface area contributed by atoms with Crippen molar-refractivity contribution in [1.82, 2.24) is 4.90 Å². The molecular weight excluding hydrogens is 206 g/mol. The first-order valence-corrected chi connectivity index (χ1v) is 6.01. The summed E-state index contributed by atoms with van der Waals surface area (Å²) in [6.45, 7) is 8.04. The molecule has 1 aliphatic heterocycles. The van der Waals surface area contributed by atoms with Gasteiger partial charge in [0.15, 0.2) is 0 Å². The van der Waals surface area contributed by atoms with Crippen molar-refractivity contribution in [3.05, 3.63) is 0 Å². The standard InChI is InChI=1S/C12H23NO3/c1-5-6-9-7-10(14)8-13(9)11(15)16-12(2,3)4/h9-10,14H,5-8H2,1-4H3/t9-,10-/m0/s1. The van der Waals surface area contributed by atoms with Crippen molar-refractivity contribution in [2.24, 2.45) is 0 Å². The molecule has 0 aromatic rings. The highest BCUT2D eigenvalue weighted by atomic mass is 16.6. The van der Waals surface area contributed by atoms with Crippen LogP contribution >= 0.6 is 0 Å². The topological polar surface area (TPSA) is 49.8 Å². The van der Waals surface area contributed by atoms with Crippen LogP contribution in [-0.4, -0.2) is 40.4 Å². The highest BCUT2D eigenvalue weighted by Crippen LogP contribution is 2.24. The number of likely N-dealkylation sites (tertiary alicyclic amines) is 1. The maximum Gasteiger partial charge on any atom is 0.410 e. The molecule has 94 valence electrons. The van der Waals surface area contributed by atoms with Crippen molar-refractivity contribution in [3.8, 4) is 0 Å². The number of aliphatic hydroxyl groups excluding tert-OH is 1. The van der Waals surface area contributed by atoms with Gasteiger partial charge in [0.05, 0.1) is 12.6 Å². The van der Waals surface area contributed by atoms with Gasteiger partial charge in [-0.3, -0.25) is 0 Å². The van der Waals surface area contributed by atoms with Gasteiger partial charge in [0.1, 0.15) is 5.60 Å². The van der Waals surface area contributed by atoms with E-state index in [-0.39, 0.29) is 12.1 Å². The molecule has 1 fully saturated rings. The molecule has 0 radical (unpaired) electrons. The number of aliphatic hydroxyl groups is 1. The van der Waals surface area contributed by atoms with Crippen molar-refractivity contribution in [1.29, 1.82) is 0 Å². The summed E-state index contributed by atoms with van der Waals surface area (Å²) in [4.78, 5) is 13.6. The van der Waals surface area contributed by atoms with Gasteiger partial charge in [-0.25, -0.2) is 4.79 Å². The molecule has 1 aliphatic rings. The van der Waals surface area contributed by atoms with Gasteiger partial charge in [0.25, 0.3) is 0 Å². The molecule has 0 aromatic carbocycles. The number of carbonyl (C=O) groups excluding carboxylic acids is 1. The molecule has 4 nitrogen and oxygen atoms in total. The lowest BCUT2D eigenvalue weighted by molar-refractivity contribution is 0.0202.